The summed E-state index contributed by atoms with van der Waals surface area (Å²) in [4.78, 5) is 13.4. The van der Waals surface area contributed by atoms with E-state index in [-0.39, 0.29) is 17.7 Å². The summed E-state index contributed by atoms with van der Waals surface area (Å²) in [7, 11) is 0. The van der Waals surface area contributed by atoms with Gasteiger partial charge in [-0.1, -0.05) is 42.0 Å². The number of Topliss-reactive ketones (excluding diaryl/α,β-unsaturated/α-hetero) is 1. The van der Waals surface area contributed by atoms with E-state index in [0.717, 1.165) is 40.6 Å². The molecule has 0 fully saturated rings. The van der Waals surface area contributed by atoms with Gasteiger partial charge in [-0.3, -0.25) is 4.79 Å². The SMILES string of the molecule is Cc1ccc([C@H]2CC(=O)C3=C(C2)Nc2ccccc2N[C@H]3c2ccc(C)o2)cc1. The Bertz CT molecular complexity index is 1110. The van der Waals surface area contributed by atoms with Crippen LogP contribution in [-0.4, -0.2) is 5.78 Å². The molecule has 5 rings (SSSR count). The van der Waals surface area contributed by atoms with Crippen LogP contribution in [0.5, 0.6) is 0 Å². The van der Waals surface area contributed by atoms with Gasteiger partial charge in [-0.05, 0) is 56.0 Å². The van der Waals surface area contributed by atoms with Gasteiger partial charge in [0.05, 0.1) is 11.4 Å². The number of nitrogens with one attached hydrogen (secondary N) is 2. The molecule has 4 nitrogen and oxygen atoms in total. The van der Waals surface area contributed by atoms with Crippen molar-refractivity contribution in [3.8, 4) is 0 Å². The van der Waals surface area contributed by atoms with E-state index < -0.39 is 0 Å². The third kappa shape index (κ3) is 3.25. The average molecular weight is 384 g/mol. The lowest BCUT2D eigenvalue weighted by atomic mass is 9.79. The smallest absolute Gasteiger partial charge is 0.163 e. The van der Waals surface area contributed by atoms with Crippen LogP contribution in [0.25, 0.3) is 0 Å². The Balaban J connectivity index is 1.60. The summed E-state index contributed by atoms with van der Waals surface area (Å²) in [6.45, 7) is 4.01. The number of carbonyl (C=O) groups is 1. The molecule has 146 valence electrons. The normalized spacial score (nSPS) is 21.0. The van der Waals surface area contributed by atoms with Crippen LogP contribution in [0, 0.1) is 13.8 Å². The molecule has 0 radical (unpaired) electrons. The molecule has 2 heterocycles. The monoisotopic (exact) mass is 384 g/mol. The first-order valence-corrected chi connectivity index (χ1v) is 10.1. The molecular formula is C25H24N2O2. The highest BCUT2D eigenvalue weighted by Gasteiger charge is 2.37. The van der Waals surface area contributed by atoms with Gasteiger partial charge in [-0.15, -0.1) is 0 Å². The summed E-state index contributed by atoms with van der Waals surface area (Å²) in [6.07, 6.45) is 1.31. The summed E-state index contributed by atoms with van der Waals surface area (Å²) < 4.78 is 5.94. The summed E-state index contributed by atoms with van der Waals surface area (Å²) in [5, 5.41) is 7.11. The van der Waals surface area contributed by atoms with Gasteiger partial charge in [-0.2, -0.15) is 0 Å². The van der Waals surface area contributed by atoms with E-state index >= 15 is 0 Å². The standard InChI is InChI=1S/C25H24N2O2/c1-15-7-10-17(11-8-15)18-13-21-24(22(28)14-18)25(23-12-9-16(2)29-23)27-20-6-4-3-5-19(20)26-21/h3-12,18,25-27H,13-14H2,1-2H3/t18-,25+/m1/s1. The van der Waals surface area contributed by atoms with Gasteiger partial charge in [0.2, 0.25) is 0 Å². The van der Waals surface area contributed by atoms with Crippen molar-refractivity contribution in [1.82, 2.24) is 0 Å². The first-order chi connectivity index (χ1) is 14.1. The lowest BCUT2D eigenvalue weighted by molar-refractivity contribution is -0.116. The predicted octanol–water partition coefficient (Wildman–Crippen LogP) is 5.88. The van der Waals surface area contributed by atoms with E-state index in [4.69, 9.17) is 4.42 Å². The second-order valence-electron chi connectivity index (χ2n) is 8.03. The number of rotatable bonds is 2. The fourth-order valence-electron chi connectivity index (χ4n) is 4.39. The molecule has 2 aromatic carbocycles. The summed E-state index contributed by atoms with van der Waals surface area (Å²) in [5.41, 5.74) is 6.19. The van der Waals surface area contributed by atoms with Gasteiger partial charge in [0.25, 0.3) is 0 Å². The van der Waals surface area contributed by atoms with Crippen molar-refractivity contribution in [3.05, 3.63) is 94.6 Å². The van der Waals surface area contributed by atoms with Crippen LogP contribution in [-0.2, 0) is 4.79 Å². The van der Waals surface area contributed by atoms with E-state index in [2.05, 4.69) is 41.8 Å². The fraction of sp³-hybridized carbons (Fsp3) is 0.240. The predicted molar refractivity (Wildman–Crippen MR) is 115 cm³/mol. The molecule has 0 unspecified atom stereocenters. The number of ketones is 1. The average Bonchev–Trinajstić information content (AvgIpc) is 3.06. The van der Waals surface area contributed by atoms with E-state index in [1.54, 1.807) is 0 Å². The molecule has 2 atom stereocenters. The highest BCUT2D eigenvalue weighted by atomic mass is 16.3. The third-order valence-electron chi connectivity index (χ3n) is 5.90. The van der Waals surface area contributed by atoms with Crippen LogP contribution in [0.3, 0.4) is 0 Å². The number of fused-ring (bicyclic) bond motifs is 1. The molecule has 1 aliphatic heterocycles. The second-order valence-corrected chi connectivity index (χ2v) is 8.03. The molecule has 3 aromatic rings. The van der Waals surface area contributed by atoms with Crippen molar-refractivity contribution in [3.63, 3.8) is 0 Å². The molecule has 1 aliphatic carbocycles. The van der Waals surface area contributed by atoms with Crippen molar-refractivity contribution in [2.75, 3.05) is 10.6 Å². The number of hydrogen-bond acceptors (Lipinski definition) is 4. The van der Waals surface area contributed by atoms with Crippen LogP contribution >= 0.6 is 0 Å². The maximum atomic E-state index is 13.4. The van der Waals surface area contributed by atoms with Gasteiger partial charge in [-0.25, -0.2) is 0 Å². The molecule has 0 saturated carbocycles. The molecule has 0 bridgehead atoms. The minimum atomic E-state index is -0.290. The number of anilines is 2. The molecule has 29 heavy (non-hydrogen) atoms. The Morgan fingerprint density at radius 2 is 1.66 bits per heavy atom. The Kier molecular flexibility index (Phi) is 4.27. The molecule has 0 amide bonds. The molecule has 2 aliphatic rings. The third-order valence-corrected chi connectivity index (χ3v) is 5.90. The number of carbonyl (C=O) groups excluding carboxylic acids is 1. The molecule has 0 saturated heterocycles. The maximum absolute atomic E-state index is 13.4. The Morgan fingerprint density at radius 1 is 0.897 bits per heavy atom. The topological polar surface area (TPSA) is 54.3 Å². The van der Waals surface area contributed by atoms with Gasteiger partial charge in [0.15, 0.2) is 5.78 Å². The number of allylic oxidation sites excluding steroid dienone is 1. The van der Waals surface area contributed by atoms with Gasteiger partial charge in [0, 0.05) is 17.7 Å². The summed E-state index contributed by atoms with van der Waals surface area (Å²) >= 11 is 0. The van der Waals surface area contributed by atoms with Crippen molar-refractivity contribution in [1.29, 1.82) is 0 Å². The highest BCUT2D eigenvalue weighted by molar-refractivity contribution is 6.01. The van der Waals surface area contributed by atoms with E-state index in [1.807, 2.05) is 43.3 Å². The zero-order valence-corrected chi connectivity index (χ0v) is 16.7. The first-order valence-electron chi connectivity index (χ1n) is 10.1. The zero-order chi connectivity index (χ0) is 20.0. The van der Waals surface area contributed by atoms with Crippen molar-refractivity contribution in [2.24, 2.45) is 0 Å². The fourth-order valence-corrected chi connectivity index (χ4v) is 4.39. The Morgan fingerprint density at radius 3 is 2.38 bits per heavy atom. The van der Waals surface area contributed by atoms with E-state index in [1.165, 1.54) is 11.1 Å². The highest BCUT2D eigenvalue weighted by Crippen LogP contribution is 2.44. The van der Waals surface area contributed by atoms with Crippen LogP contribution in [0.1, 0.15) is 47.4 Å². The Labute approximate surface area is 170 Å². The largest absolute Gasteiger partial charge is 0.464 e. The van der Waals surface area contributed by atoms with Gasteiger partial charge >= 0.3 is 0 Å². The molecule has 4 heteroatoms. The summed E-state index contributed by atoms with van der Waals surface area (Å²) in [5.74, 6) is 1.97. The number of benzene rings is 2. The van der Waals surface area contributed by atoms with Gasteiger partial charge < -0.3 is 15.1 Å². The maximum Gasteiger partial charge on any atom is 0.163 e. The Hall–Kier alpha value is -3.27. The van der Waals surface area contributed by atoms with Crippen LogP contribution in [0.15, 0.2) is 76.4 Å². The molecule has 1 aromatic heterocycles. The van der Waals surface area contributed by atoms with Crippen molar-refractivity contribution >= 4 is 17.2 Å². The van der Waals surface area contributed by atoms with Crippen LogP contribution in [0.4, 0.5) is 11.4 Å². The quantitative estimate of drug-likeness (QED) is 0.580. The number of aryl methyl sites for hydroxylation is 2. The minimum Gasteiger partial charge on any atom is -0.464 e. The minimum absolute atomic E-state index is 0.170. The van der Waals surface area contributed by atoms with Crippen molar-refractivity contribution < 1.29 is 9.21 Å². The zero-order valence-electron chi connectivity index (χ0n) is 16.7. The van der Waals surface area contributed by atoms with Crippen molar-refractivity contribution in [2.45, 2.75) is 38.6 Å². The summed E-state index contributed by atoms with van der Waals surface area (Å²) in [6, 6.07) is 20.2. The lowest BCUT2D eigenvalue weighted by Gasteiger charge is -2.29. The van der Waals surface area contributed by atoms with E-state index in [0.29, 0.717) is 6.42 Å². The number of hydrogen-bond donors (Lipinski definition) is 2. The lowest BCUT2D eigenvalue weighted by Crippen LogP contribution is -2.26. The van der Waals surface area contributed by atoms with Crippen LogP contribution < -0.4 is 10.6 Å². The first kappa shape index (κ1) is 17.8. The number of furan rings is 1. The van der Waals surface area contributed by atoms with Gasteiger partial charge in [0.1, 0.15) is 17.6 Å². The second kappa shape index (κ2) is 6.96. The van der Waals surface area contributed by atoms with Crippen LogP contribution in [0.2, 0.25) is 0 Å². The molecular weight excluding hydrogens is 360 g/mol. The number of para-hydroxylation sites is 2. The van der Waals surface area contributed by atoms with E-state index in [9.17, 15) is 4.79 Å². The molecule has 0 spiro atoms. The molecule has 2 N–H and O–H groups in total.